The maximum absolute atomic E-state index is 6.08. The number of benzene rings is 2. The van der Waals surface area contributed by atoms with Crippen molar-refractivity contribution in [2.24, 2.45) is 0 Å². The molecule has 2 aromatic rings. The molecular weight excluding hydrogens is 258 g/mol. The molecule has 0 amide bonds. The van der Waals surface area contributed by atoms with Gasteiger partial charge in [-0.2, -0.15) is 0 Å². The van der Waals surface area contributed by atoms with Gasteiger partial charge in [-0.1, -0.05) is 37.3 Å². The van der Waals surface area contributed by atoms with Gasteiger partial charge >= 0.3 is 0 Å². The molecule has 0 saturated heterocycles. The van der Waals surface area contributed by atoms with E-state index in [1.54, 1.807) is 0 Å². The molecule has 0 heterocycles. The number of hydrogen-bond acceptors (Lipinski definition) is 2. The number of ether oxygens (including phenoxy) is 1. The molecule has 0 aromatic heterocycles. The fourth-order valence-electron chi connectivity index (χ4n) is 3.17. The molecule has 1 aliphatic carbocycles. The van der Waals surface area contributed by atoms with Gasteiger partial charge in [0.2, 0.25) is 0 Å². The summed E-state index contributed by atoms with van der Waals surface area (Å²) in [5, 5.41) is 0. The van der Waals surface area contributed by atoms with Crippen molar-refractivity contribution < 1.29 is 4.74 Å². The summed E-state index contributed by atoms with van der Waals surface area (Å²) >= 11 is 0. The fourth-order valence-corrected chi connectivity index (χ4v) is 3.17. The number of nitrogens with two attached hydrogens (primary N) is 1. The van der Waals surface area contributed by atoms with Crippen molar-refractivity contribution in [3.63, 3.8) is 0 Å². The first-order valence-corrected chi connectivity index (χ1v) is 7.87. The molecular formula is C19H23NO. The smallest absolute Gasteiger partial charge is 0.142 e. The Morgan fingerprint density at radius 3 is 2.86 bits per heavy atom. The van der Waals surface area contributed by atoms with E-state index in [4.69, 9.17) is 10.5 Å². The van der Waals surface area contributed by atoms with Gasteiger partial charge in [0, 0.05) is 5.92 Å². The van der Waals surface area contributed by atoms with E-state index in [0.29, 0.717) is 12.5 Å². The Hall–Kier alpha value is -1.96. The number of fused-ring (bicyclic) bond motifs is 1. The molecule has 2 N–H and O–H groups in total. The van der Waals surface area contributed by atoms with Crippen molar-refractivity contribution >= 4 is 5.69 Å². The van der Waals surface area contributed by atoms with Crippen LogP contribution >= 0.6 is 0 Å². The first-order valence-electron chi connectivity index (χ1n) is 7.87. The zero-order chi connectivity index (χ0) is 14.7. The monoisotopic (exact) mass is 281 g/mol. The highest BCUT2D eigenvalue weighted by Crippen LogP contribution is 2.33. The van der Waals surface area contributed by atoms with Gasteiger partial charge in [0.05, 0.1) is 12.3 Å². The topological polar surface area (TPSA) is 35.2 Å². The quantitative estimate of drug-likeness (QED) is 0.847. The van der Waals surface area contributed by atoms with E-state index in [2.05, 4.69) is 37.3 Å². The van der Waals surface area contributed by atoms with E-state index >= 15 is 0 Å². The van der Waals surface area contributed by atoms with E-state index in [-0.39, 0.29) is 0 Å². The molecule has 0 spiro atoms. The number of anilines is 1. The summed E-state index contributed by atoms with van der Waals surface area (Å²) < 4.78 is 6.01. The van der Waals surface area contributed by atoms with E-state index in [0.717, 1.165) is 17.9 Å². The minimum atomic E-state index is 0.486. The summed E-state index contributed by atoms with van der Waals surface area (Å²) in [4.78, 5) is 0. The van der Waals surface area contributed by atoms with Crippen molar-refractivity contribution in [2.75, 3.05) is 12.3 Å². The van der Waals surface area contributed by atoms with Gasteiger partial charge in [-0.05, 0) is 54.5 Å². The Balaban J connectivity index is 1.71. The molecule has 0 fully saturated rings. The van der Waals surface area contributed by atoms with Crippen molar-refractivity contribution in [3.8, 4) is 5.75 Å². The molecule has 1 unspecified atom stereocenters. The summed E-state index contributed by atoms with van der Waals surface area (Å²) in [6.07, 6.45) is 4.64. The average Bonchev–Trinajstić information content (AvgIpc) is 2.53. The second-order valence-corrected chi connectivity index (χ2v) is 5.82. The van der Waals surface area contributed by atoms with Gasteiger partial charge in [0.1, 0.15) is 5.75 Å². The molecule has 2 nitrogen and oxygen atoms in total. The SMILES string of the molecule is CCc1ccc(OCC2CCCc3ccccc32)c(N)c1. The lowest BCUT2D eigenvalue weighted by molar-refractivity contribution is 0.276. The zero-order valence-electron chi connectivity index (χ0n) is 12.6. The third-order valence-electron chi connectivity index (χ3n) is 4.42. The Morgan fingerprint density at radius 2 is 2.05 bits per heavy atom. The summed E-state index contributed by atoms with van der Waals surface area (Å²) in [5.41, 5.74) is 11.0. The van der Waals surface area contributed by atoms with Gasteiger partial charge in [0.15, 0.2) is 0 Å². The van der Waals surface area contributed by atoms with E-state index in [1.165, 1.54) is 36.0 Å². The minimum Gasteiger partial charge on any atom is -0.491 e. The third kappa shape index (κ3) is 3.05. The average molecular weight is 281 g/mol. The van der Waals surface area contributed by atoms with Crippen LogP contribution in [0.1, 0.15) is 42.4 Å². The van der Waals surface area contributed by atoms with Crippen LogP contribution < -0.4 is 10.5 Å². The Kier molecular flexibility index (Phi) is 4.14. The van der Waals surface area contributed by atoms with Gasteiger partial charge < -0.3 is 10.5 Å². The van der Waals surface area contributed by atoms with Gasteiger partial charge in [-0.15, -0.1) is 0 Å². The second kappa shape index (κ2) is 6.21. The van der Waals surface area contributed by atoms with Crippen LogP contribution in [0.25, 0.3) is 0 Å². The van der Waals surface area contributed by atoms with Crippen LogP contribution in [0.4, 0.5) is 5.69 Å². The molecule has 110 valence electrons. The molecule has 21 heavy (non-hydrogen) atoms. The Morgan fingerprint density at radius 1 is 1.19 bits per heavy atom. The lowest BCUT2D eigenvalue weighted by Gasteiger charge is -2.25. The van der Waals surface area contributed by atoms with E-state index in [9.17, 15) is 0 Å². The normalized spacial score (nSPS) is 17.3. The second-order valence-electron chi connectivity index (χ2n) is 5.82. The number of rotatable bonds is 4. The molecule has 0 aliphatic heterocycles. The lowest BCUT2D eigenvalue weighted by atomic mass is 9.83. The van der Waals surface area contributed by atoms with E-state index < -0.39 is 0 Å². The zero-order valence-corrected chi connectivity index (χ0v) is 12.6. The predicted octanol–water partition coefficient (Wildman–Crippen LogP) is 4.33. The van der Waals surface area contributed by atoms with Crippen molar-refractivity contribution in [1.82, 2.24) is 0 Å². The molecule has 1 aliphatic rings. The maximum Gasteiger partial charge on any atom is 0.142 e. The summed E-state index contributed by atoms with van der Waals surface area (Å²) in [6.45, 7) is 2.85. The first-order chi connectivity index (χ1) is 10.3. The largest absolute Gasteiger partial charge is 0.491 e. The summed E-state index contributed by atoms with van der Waals surface area (Å²) in [7, 11) is 0. The van der Waals surface area contributed by atoms with Crippen molar-refractivity contribution in [1.29, 1.82) is 0 Å². The van der Waals surface area contributed by atoms with Gasteiger partial charge in [0.25, 0.3) is 0 Å². The van der Waals surface area contributed by atoms with Crippen LogP contribution in [-0.4, -0.2) is 6.61 Å². The molecule has 0 bridgehead atoms. The number of aryl methyl sites for hydroxylation is 2. The predicted molar refractivity (Wildman–Crippen MR) is 87.8 cm³/mol. The molecule has 2 heteroatoms. The van der Waals surface area contributed by atoms with Crippen LogP contribution in [0.3, 0.4) is 0 Å². The standard InChI is InChI=1S/C19H23NO/c1-2-14-10-11-19(18(20)12-14)21-13-16-8-5-7-15-6-3-4-9-17(15)16/h3-4,6,9-12,16H,2,5,7-8,13,20H2,1H3. The van der Waals surface area contributed by atoms with Gasteiger partial charge in [-0.3, -0.25) is 0 Å². The molecule has 0 saturated carbocycles. The third-order valence-corrected chi connectivity index (χ3v) is 4.42. The van der Waals surface area contributed by atoms with Crippen LogP contribution in [0, 0.1) is 0 Å². The van der Waals surface area contributed by atoms with Gasteiger partial charge in [-0.25, -0.2) is 0 Å². The molecule has 3 rings (SSSR count). The summed E-state index contributed by atoms with van der Waals surface area (Å²) in [6, 6.07) is 14.9. The highest BCUT2D eigenvalue weighted by Gasteiger charge is 2.20. The number of hydrogen-bond donors (Lipinski definition) is 1. The van der Waals surface area contributed by atoms with Crippen LogP contribution in [0.15, 0.2) is 42.5 Å². The van der Waals surface area contributed by atoms with Crippen LogP contribution in [0.5, 0.6) is 5.75 Å². The maximum atomic E-state index is 6.08. The highest BCUT2D eigenvalue weighted by molar-refractivity contribution is 5.54. The molecule has 1 atom stereocenters. The number of nitrogen functional groups attached to an aromatic ring is 1. The Bertz CT molecular complexity index is 621. The first kappa shape index (κ1) is 14.0. The highest BCUT2D eigenvalue weighted by atomic mass is 16.5. The molecule has 2 aromatic carbocycles. The lowest BCUT2D eigenvalue weighted by Crippen LogP contribution is -2.17. The van der Waals surface area contributed by atoms with Crippen LogP contribution in [-0.2, 0) is 12.8 Å². The van der Waals surface area contributed by atoms with Crippen molar-refractivity contribution in [3.05, 3.63) is 59.2 Å². The van der Waals surface area contributed by atoms with Crippen LogP contribution in [0.2, 0.25) is 0 Å². The van der Waals surface area contributed by atoms with Crippen molar-refractivity contribution in [2.45, 2.75) is 38.5 Å². The van der Waals surface area contributed by atoms with E-state index in [1.807, 2.05) is 12.1 Å². The molecule has 0 radical (unpaired) electrons. The summed E-state index contributed by atoms with van der Waals surface area (Å²) in [5.74, 6) is 1.30. The fraction of sp³-hybridized carbons (Fsp3) is 0.368. The minimum absolute atomic E-state index is 0.486. The Labute approximate surface area is 126 Å².